The van der Waals surface area contributed by atoms with E-state index in [0.29, 0.717) is 33.7 Å². The van der Waals surface area contributed by atoms with Crippen LogP contribution in [0.4, 0.5) is 11.6 Å². The van der Waals surface area contributed by atoms with Gasteiger partial charge < -0.3 is 20.1 Å². The fourth-order valence-corrected chi connectivity index (χ4v) is 3.57. The molecule has 0 fully saturated rings. The normalized spacial score (nSPS) is 14.9. The molecule has 164 valence electrons. The lowest BCUT2D eigenvalue weighted by atomic mass is 9.95. The van der Waals surface area contributed by atoms with Gasteiger partial charge in [-0.1, -0.05) is 23.7 Å². The van der Waals surface area contributed by atoms with Crippen LogP contribution in [0.15, 0.2) is 59.8 Å². The number of anilines is 2. The molecule has 0 radical (unpaired) electrons. The molecule has 2 heterocycles. The van der Waals surface area contributed by atoms with Crippen molar-refractivity contribution >= 4 is 35.1 Å². The van der Waals surface area contributed by atoms with Gasteiger partial charge in [-0.2, -0.15) is 4.98 Å². The number of hydrogen-bond donors (Lipinski definition) is 2. The van der Waals surface area contributed by atoms with Crippen LogP contribution in [0.3, 0.4) is 0 Å². The van der Waals surface area contributed by atoms with Crippen molar-refractivity contribution in [2.45, 2.75) is 13.0 Å². The van der Waals surface area contributed by atoms with Crippen LogP contribution in [-0.4, -0.2) is 40.9 Å². The number of fused-ring (bicyclic) bond motifs is 1. The number of amides is 1. The van der Waals surface area contributed by atoms with Crippen molar-refractivity contribution < 1.29 is 19.1 Å². The predicted octanol–water partition coefficient (Wildman–Crippen LogP) is 3.65. The van der Waals surface area contributed by atoms with E-state index in [1.807, 2.05) is 12.1 Å². The number of benzene rings is 2. The van der Waals surface area contributed by atoms with E-state index in [4.69, 9.17) is 21.1 Å². The van der Waals surface area contributed by atoms with Crippen LogP contribution in [0.5, 0.6) is 5.75 Å². The Morgan fingerprint density at radius 3 is 2.41 bits per heavy atom. The van der Waals surface area contributed by atoms with Crippen LogP contribution in [0.2, 0.25) is 5.02 Å². The lowest BCUT2D eigenvalue weighted by Gasteiger charge is -2.28. The minimum absolute atomic E-state index is 0.110. The molecular weight excluding hydrogens is 434 g/mol. The van der Waals surface area contributed by atoms with Crippen molar-refractivity contribution in [1.82, 2.24) is 14.8 Å². The fraction of sp³-hybridized carbons (Fsp3) is 0.182. The van der Waals surface area contributed by atoms with Gasteiger partial charge in [-0.25, -0.2) is 9.48 Å². The first-order valence-electron chi connectivity index (χ1n) is 9.64. The van der Waals surface area contributed by atoms with Crippen molar-refractivity contribution in [2.24, 2.45) is 0 Å². The summed E-state index contributed by atoms with van der Waals surface area (Å²) >= 11 is 5.95. The molecule has 0 spiro atoms. The van der Waals surface area contributed by atoms with Gasteiger partial charge in [-0.3, -0.25) is 4.79 Å². The molecule has 1 aliphatic heterocycles. The summed E-state index contributed by atoms with van der Waals surface area (Å²) in [5, 5.41) is 10.8. The number of esters is 1. The summed E-state index contributed by atoms with van der Waals surface area (Å²) in [7, 11) is 2.83. The molecule has 32 heavy (non-hydrogen) atoms. The molecule has 9 nitrogen and oxygen atoms in total. The van der Waals surface area contributed by atoms with Crippen LogP contribution < -0.4 is 15.4 Å². The van der Waals surface area contributed by atoms with Crippen LogP contribution in [0, 0.1) is 0 Å². The number of aromatic nitrogens is 3. The third kappa shape index (κ3) is 4.02. The molecule has 1 aliphatic rings. The smallest absolute Gasteiger partial charge is 0.378 e. The largest absolute Gasteiger partial charge is 0.497 e. The lowest BCUT2D eigenvalue weighted by molar-refractivity contribution is -0.113. The van der Waals surface area contributed by atoms with Gasteiger partial charge in [0.15, 0.2) is 0 Å². The Bertz CT molecular complexity index is 1200. The zero-order valence-corrected chi connectivity index (χ0v) is 18.3. The van der Waals surface area contributed by atoms with Gasteiger partial charge in [-0.05, 0) is 48.9 Å². The first-order valence-corrected chi connectivity index (χ1v) is 10.0. The Hall–Kier alpha value is -3.85. The van der Waals surface area contributed by atoms with Crippen molar-refractivity contribution in [3.8, 4) is 5.75 Å². The molecule has 0 aliphatic carbocycles. The molecular formula is C22H20ClN5O4. The van der Waals surface area contributed by atoms with Crippen molar-refractivity contribution in [3.63, 3.8) is 0 Å². The summed E-state index contributed by atoms with van der Waals surface area (Å²) in [6, 6.07) is 13.4. The zero-order valence-electron chi connectivity index (χ0n) is 17.5. The number of carbonyl (C=O) groups is 2. The summed E-state index contributed by atoms with van der Waals surface area (Å²) in [6.45, 7) is 1.77. The van der Waals surface area contributed by atoms with Gasteiger partial charge in [0.05, 0.1) is 19.8 Å². The van der Waals surface area contributed by atoms with Crippen molar-refractivity contribution in [3.05, 3.63) is 76.2 Å². The summed E-state index contributed by atoms with van der Waals surface area (Å²) < 4.78 is 11.5. The van der Waals surface area contributed by atoms with Crippen molar-refractivity contribution in [1.29, 1.82) is 0 Å². The first-order chi connectivity index (χ1) is 15.4. The highest BCUT2D eigenvalue weighted by Gasteiger charge is 2.35. The monoisotopic (exact) mass is 453 g/mol. The minimum Gasteiger partial charge on any atom is -0.497 e. The van der Waals surface area contributed by atoms with Gasteiger partial charge >= 0.3 is 5.97 Å². The van der Waals surface area contributed by atoms with Crippen LogP contribution in [-0.2, 0) is 9.53 Å². The van der Waals surface area contributed by atoms with E-state index in [0.717, 1.165) is 5.56 Å². The second-order valence-electron chi connectivity index (χ2n) is 7.00. The summed E-state index contributed by atoms with van der Waals surface area (Å²) in [5.74, 6) is -0.122. The highest BCUT2D eigenvalue weighted by Crippen LogP contribution is 2.36. The number of nitrogens with zero attached hydrogens (tertiary/aromatic N) is 3. The minimum atomic E-state index is -0.674. The molecule has 4 rings (SSSR count). The highest BCUT2D eigenvalue weighted by molar-refractivity contribution is 6.30. The average molecular weight is 454 g/mol. The Morgan fingerprint density at radius 2 is 1.78 bits per heavy atom. The van der Waals surface area contributed by atoms with Crippen LogP contribution in [0.1, 0.15) is 29.1 Å². The zero-order chi connectivity index (χ0) is 22.8. The molecule has 2 N–H and O–H groups in total. The van der Waals surface area contributed by atoms with Crippen LogP contribution in [0.25, 0.3) is 0 Å². The van der Waals surface area contributed by atoms with Gasteiger partial charge in [0, 0.05) is 16.4 Å². The summed E-state index contributed by atoms with van der Waals surface area (Å²) in [6.07, 6.45) is 0. The van der Waals surface area contributed by atoms with E-state index in [2.05, 4.69) is 20.7 Å². The number of hydrogen-bond acceptors (Lipinski definition) is 7. The molecule has 1 atom stereocenters. The van der Waals surface area contributed by atoms with E-state index >= 15 is 0 Å². The third-order valence-electron chi connectivity index (χ3n) is 5.00. The van der Waals surface area contributed by atoms with E-state index in [1.165, 1.54) is 11.8 Å². The summed E-state index contributed by atoms with van der Waals surface area (Å²) in [5.41, 5.74) is 2.34. The molecule has 10 heteroatoms. The maximum atomic E-state index is 13.4. The molecule has 1 aromatic heterocycles. The molecule has 2 aromatic carbocycles. The highest BCUT2D eigenvalue weighted by atomic mass is 35.5. The van der Waals surface area contributed by atoms with E-state index in [9.17, 15) is 9.59 Å². The van der Waals surface area contributed by atoms with Gasteiger partial charge in [0.1, 0.15) is 11.8 Å². The van der Waals surface area contributed by atoms with E-state index in [-0.39, 0.29) is 11.7 Å². The molecule has 3 aromatic rings. The number of allylic oxidation sites excluding steroid dienone is 1. The topological polar surface area (TPSA) is 107 Å². The standard InChI is InChI=1S/C22H20ClN5O4/c1-12-17(20(29)25-15-8-6-14(23)7-9-15)18(13-4-10-16(31-2)11-5-13)28-22(24-12)26-19(27-28)21(30)32-3/h4-11,18H,1-3H3,(H,25,29)(H,24,26,27)/t18-/m0/s1. The number of nitrogens with one attached hydrogen (secondary N) is 2. The molecule has 0 unspecified atom stereocenters. The number of rotatable bonds is 5. The lowest BCUT2D eigenvalue weighted by Crippen LogP contribution is -2.31. The van der Waals surface area contributed by atoms with E-state index < -0.39 is 12.0 Å². The van der Waals surface area contributed by atoms with Crippen LogP contribution >= 0.6 is 11.6 Å². The fourth-order valence-electron chi connectivity index (χ4n) is 3.45. The quantitative estimate of drug-likeness (QED) is 0.567. The number of halogens is 1. The average Bonchev–Trinajstić information content (AvgIpc) is 3.22. The number of carbonyl (C=O) groups excluding carboxylic acids is 2. The van der Waals surface area contributed by atoms with E-state index in [1.54, 1.807) is 50.4 Å². The van der Waals surface area contributed by atoms with Gasteiger partial charge in [0.25, 0.3) is 11.7 Å². The number of ether oxygens (including phenoxy) is 2. The molecule has 0 saturated heterocycles. The maximum Gasteiger partial charge on any atom is 0.378 e. The molecule has 0 bridgehead atoms. The SMILES string of the molecule is COC(=O)c1nc2n(n1)[C@@H](c1ccc(OC)cc1)C(C(=O)Nc1ccc(Cl)cc1)=C(C)N2. The van der Waals surface area contributed by atoms with Gasteiger partial charge in [0.2, 0.25) is 5.95 Å². The first kappa shape index (κ1) is 21.4. The molecule has 1 amide bonds. The third-order valence-corrected chi connectivity index (χ3v) is 5.25. The Kier molecular flexibility index (Phi) is 5.83. The Morgan fingerprint density at radius 1 is 1.09 bits per heavy atom. The second-order valence-corrected chi connectivity index (χ2v) is 7.43. The second kappa shape index (κ2) is 8.72. The number of methoxy groups -OCH3 is 2. The summed E-state index contributed by atoms with van der Waals surface area (Å²) in [4.78, 5) is 29.6. The molecule has 0 saturated carbocycles. The van der Waals surface area contributed by atoms with Crippen molar-refractivity contribution in [2.75, 3.05) is 24.9 Å². The maximum absolute atomic E-state index is 13.4. The van der Waals surface area contributed by atoms with Gasteiger partial charge in [-0.15, -0.1) is 5.10 Å². The predicted molar refractivity (Wildman–Crippen MR) is 119 cm³/mol. The Labute approximate surface area is 189 Å². The Balaban J connectivity index is 1.78.